The molecule has 4 nitrogen and oxygen atoms in total. The Morgan fingerprint density at radius 1 is 1.19 bits per heavy atom. The van der Waals surface area contributed by atoms with Gasteiger partial charge in [-0.15, -0.1) is 0 Å². The van der Waals surface area contributed by atoms with Crippen molar-refractivity contribution < 1.29 is 13.9 Å². The largest absolute Gasteiger partial charge is 0.486 e. The van der Waals surface area contributed by atoms with E-state index in [0.717, 1.165) is 22.7 Å². The van der Waals surface area contributed by atoms with Gasteiger partial charge in [-0.1, -0.05) is 13.8 Å². The molecule has 4 heteroatoms. The summed E-state index contributed by atoms with van der Waals surface area (Å²) in [6, 6.07) is 3.74. The smallest absolute Gasteiger partial charge is 0.198 e. The summed E-state index contributed by atoms with van der Waals surface area (Å²) in [4.78, 5) is 4.45. The van der Waals surface area contributed by atoms with Crippen molar-refractivity contribution in [3.63, 3.8) is 0 Å². The fraction of sp³-hybridized carbons (Fsp3) is 0.417. The summed E-state index contributed by atoms with van der Waals surface area (Å²) in [5.41, 5.74) is 1.52. The standard InChI is InChI=1S/C12H13NO3/c1-7(2)12-13-10-8(16-12)3-4-9-11(10)15-6-5-14-9/h3-4,7H,5-6H2,1-2H3. The Bertz CT molecular complexity index is 530. The second-order valence-electron chi connectivity index (χ2n) is 4.14. The number of nitrogens with zero attached hydrogens (tertiary/aromatic N) is 1. The van der Waals surface area contributed by atoms with E-state index >= 15 is 0 Å². The van der Waals surface area contributed by atoms with E-state index in [0.29, 0.717) is 19.0 Å². The highest BCUT2D eigenvalue weighted by Crippen LogP contribution is 2.38. The van der Waals surface area contributed by atoms with E-state index in [9.17, 15) is 0 Å². The molecule has 0 saturated carbocycles. The fourth-order valence-corrected chi connectivity index (χ4v) is 1.76. The highest BCUT2D eigenvalue weighted by Gasteiger charge is 2.20. The first-order chi connectivity index (χ1) is 7.75. The Morgan fingerprint density at radius 2 is 2.00 bits per heavy atom. The second-order valence-corrected chi connectivity index (χ2v) is 4.14. The van der Waals surface area contributed by atoms with Crippen molar-refractivity contribution in [1.29, 1.82) is 0 Å². The molecule has 0 atom stereocenters. The van der Waals surface area contributed by atoms with Gasteiger partial charge in [0.05, 0.1) is 0 Å². The van der Waals surface area contributed by atoms with Gasteiger partial charge in [0.15, 0.2) is 28.5 Å². The van der Waals surface area contributed by atoms with Gasteiger partial charge in [0.1, 0.15) is 13.2 Å². The van der Waals surface area contributed by atoms with Gasteiger partial charge in [-0.25, -0.2) is 4.98 Å². The first kappa shape index (κ1) is 9.51. The van der Waals surface area contributed by atoms with Crippen LogP contribution in [-0.4, -0.2) is 18.2 Å². The van der Waals surface area contributed by atoms with Crippen LogP contribution in [-0.2, 0) is 0 Å². The van der Waals surface area contributed by atoms with Crippen LogP contribution in [0.3, 0.4) is 0 Å². The number of aromatic nitrogens is 1. The maximum absolute atomic E-state index is 5.65. The average molecular weight is 219 g/mol. The molecule has 0 spiro atoms. The minimum atomic E-state index is 0.271. The van der Waals surface area contributed by atoms with Crippen molar-refractivity contribution in [1.82, 2.24) is 4.98 Å². The van der Waals surface area contributed by atoms with Crippen LogP contribution in [0.5, 0.6) is 11.5 Å². The van der Waals surface area contributed by atoms with Crippen LogP contribution in [0.1, 0.15) is 25.7 Å². The van der Waals surface area contributed by atoms with Crippen LogP contribution in [0.25, 0.3) is 11.1 Å². The lowest BCUT2D eigenvalue weighted by atomic mass is 10.2. The molecule has 1 aromatic heterocycles. The van der Waals surface area contributed by atoms with E-state index in [1.165, 1.54) is 0 Å². The SMILES string of the molecule is CC(C)c1nc2c3c(ccc2o1)OCCO3. The van der Waals surface area contributed by atoms with Crippen LogP contribution in [0.2, 0.25) is 0 Å². The van der Waals surface area contributed by atoms with Gasteiger partial charge in [-0.2, -0.15) is 0 Å². The van der Waals surface area contributed by atoms with Crippen LogP contribution in [0.15, 0.2) is 16.5 Å². The molecule has 0 amide bonds. The molecule has 16 heavy (non-hydrogen) atoms. The summed E-state index contributed by atoms with van der Waals surface area (Å²) in [6.07, 6.45) is 0. The van der Waals surface area contributed by atoms with Gasteiger partial charge in [-0.3, -0.25) is 0 Å². The van der Waals surface area contributed by atoms with E-state index in [-0.39, 0.29) is 5.92 Å². The van der Waals surface area contributed by atoms with Gasteiger partial charge in [-0.05, 0) is 12.1 Å². The van der Waals surface area contributed by atoms with E-state index in [4.69, 9.17) is 13.9 Å². The molecule has 0 aliphatic carbocycles. The maximum Gasteiger partial charge on any atom is 0.198 e. The highest BCUT2D eigenvalue weighted by molar-refractivity contribution is 5.83. The summed E-state index contributed by atoms with van der Waals surface area (Å²) >= 11 is 0. The molecular weight excluding hydrogens is 206 g/mol. The zero-order valence-corrected chi connectivity index (χ0v) is 9.32. The molecule has 0 N–H and O–H groups in total. The molecule has 2 heterocycles. The molecule has 0 unspecified atom stereocenters. The quantitative estimate of drug-likeness (QED) is 0.739. The van der Waals surface area contributed by atoms with Gasteiger partial charge in [0, 0.05) is 5.92 Å². The summed E-state index contributed by atoms with van der Waals surface area (Å²) in [5, 5.41) is 0. The number of benzene rings is 1. The first-order valence-corrected chi connectivity index (χ1v) is 5.45. The van der Waals surface area contributed by atoms with E-state index in [1.807, 2.05) is 12.1 Å². The molecule has 1 aromatic carbocycles. The third kappa shape index (κ3) is 1.33. The lowest BCUT2D eigenvalue weighted by Gasteiger charge is -2.17. The Labute approximate surface area is 93.2 Å². The van der Waals surface area contributed by atoms with Crippen molar-refractivity contribution >= 4 is 11.1 Å². The molecule has 0 saturated heterocycles. The van der Waals surface area contributed by atoms with Gasteiger partial charge in [0.25, 0.3) is 0 Å². The summed E-state index contributed by atoms with van der Waals surface area (Å²) in [7, 11) is 0. The minimum absolute atomic E-state index is 0.271. The molecule has 2 aromatic rings. The molecule has 1 aliphatic rings. The van der Waals surface area contributed by atoms with Crippen LogP contribution in [0, 0.1) is 0 Å². The Balaban J connectivity index is 2.22. The van der Waals surface area contributed by atoms with Crippen molar-refractivity contribution in [3.8, 4) is 11.5 Å². The van der Waals surface area contributed by atoms with Gasteiger partial charge >= 0.3 is 0 Å². The first-order valence-electron chi connectivity index (χ1n) is 5.45. The number of rotatable bonds is 1. The molecule has 0 radical (unpaired) electrons. The third-order valence-corrected chi connectivity index (χ3v) is 2.58. The maximum atomic E-state index is 5.65. The Hall–Kier alpha value is -1.71. The molecule has 0 fully saturated rings. The predicted octanol–water partition coefficient (Wildman–Crippen LogP) is 2.72. The van der Waals surface area contributed by atoms with Crippen molar-refractivity contribution in [3.05, 3.63) is 18.0 Å². The number of fused-ring (bicyclic) bond motifs is 3. The van der Waals surface area contributed by atoms with Gasteiger partial charge in [0.2, 0.25) is 0 Å². The summed E-state index contributed by atoms with van der Waals surface area (Å²) < 4.78 is 16.7. The van der Waals surface area contributed by atoms with Crippen molar-refractivity contribution in [2.24, 2.45) is 0 Å². The number of oxazole rings is 1. The van der Waals surface area contributed by atoms with Crippen molar-refractivity contribution in [2.45, 2.75) is 19.8 Å². The highest BCUT2D eigenvalue weighted by atomic mass is 16.6. The number of ether oxygens (including phenoxy) is 2. The van der Waals surface area contributed by atoms with Crippen LogP contribution in [0.4, 0.5) is 0 Å². The summed E-state index contributed by atoms with van der Waals surface area (Å²) in [5.74, 6) is 2.46. The second kappa shape index (κ2) is 3.40. The fourth-order valence-electron chi connectivity index (χ4n) is 1.76. The molecule has 84 valence electrons. The molecule has 0 bridgehead atoms. The predicted molar refractivity (Wildman–Crippen MR) is 59.1 cm³/mol. The average Bonchev–Trinajstić information content (AvgIpc) is 2.73. The molecule has 3 rings (SSSR count). The van der Waals surface area contributed by atoms with Crippen molar-refractivity contribution in [2.75, 3.05) is 13.2 Å². The monoisotopic (exact) mass is 219 g/mol. The topological polar surface area (TPSA) is 44.5 Å². The van der Waals surface area contributed by atoms with E-state index in [1.54, 1.807) is 0 Å². The number of hydrogen-bond acceptors (Lipinski definition) is 4. The number of hydrogen-bond donors (Lipinski definition) is 0. The molecular formula is C12H13NO3. The van der Waals surface area contributed by atoms with Crippen LogP contribution >= 0.6 is 0 Å². The lowest BCUT2D eigenvalue weighted by molar-refractivity contribution is 0.173. The van der Waals surface area contributed by atoms with Crippen LogP contribution < -0.4 is 9.47 Å². The minimum Gasteiger partial charge on any atom is -0.486 e. The zero-order valence-electron chi connectivity index (χ0n) is 9.32. The zero-order chi connectivity index (χ0) is 11.1. The normalized spacial score (nSPS) is 14.7. The van der Waals surface area contributed by atoms with E-state index < -0.39 is 0 Å². The summed E-state index contributed by atoms with van der Waals surface area (Å²) in [6.45, 7) is 5.26. The van der Waals surface area contributed by atoms with Gasteiger partial charge < -0.3 is 13.9 Å². The Kier molecular flexibility index (Phi) is 2.02. The lowest BCUT2D eigenvalue weighted by Crippen LogP contribution is -2.15. The third-order valence-electron chi connectivity index (χ3n) is 2.58. The Morgan fingerprint density at radius 3 is 2.81 bits per heavy atom. The molecule has 1 aliphatic heterocycles. The van der Waals surface area contributed by atoms with E-state index in [2.05, 4.69) is 18.8 Å².